The molecule has 2 fully saturated rings. The summed E-state index contributed by atoms with van der Waals surface area (Å²) < 4.78 is 11.0. The highest BCUT2D eigenvalue weighted by molar-refractivity contribution is 5.72. The average molecular weight is 285 g/mol. The molecule has 6 nitrogen and oxygen atoms in total. The SMILES string of the molecule is CC(C)(C)OC(=O)N1C2CCC(C(=O)O)CC1COC2. The minimum atomic E-state index is -0.790. The second-order valence-electron chi connectivity index (χ2n) is 6.58. The van der Waals surface area contributed by atoms with Crippen molar-refractivity contribution >= 4 is 12.1 Å². The van der Waals surface area contributed by atoms with E-state index in [4.69, 9.17) is 9.47 Å². The molecular weight excluding hydrogens is 262 g/mol. The molecule has 6 heteroatoms. The summed E-state index contributed by atoms with van der Waals surface area (Å²) >= 11 is 0. The zero-order chi connectivity index (χ0) is 14.9. The van der Waals surface area contributed by atoms with Crippen LogP contribution in [0.5, 0.6) is 0 Å². The molecule has 1 amide bonds. The highest BCUT2D eigenvalue weighted by atomic mass is 16.6. The molecule has 3 unspecified atom stereocenters. The molecular formula is C14H23NO5. The highest BCUT2D eigenvalue weighted by Gasteiger charge is 2.42. The van der Waals surface area contributed by atoms with Gasteiger partial charge in [-0.3, -0.25) is 9.69 Å². The molecule has 0 aromatic rings. The van der Waals surface area contributed by atoms with Crippen LogP contribution >= 0.6 is 0 Å². The van der Waals surface area contributed by atoms with E-state index in [2.05, 4.69) is 0 Å². The molecule has 1 N–H and O–H groups in total. The van der Waals surface area contributed by atoms with Gasteiger partial charge in [0, 0.05) is 0 Å². The number of carboxylic acid groups (broad SMARTS) is 1. The van der Waals surface area contributed by atoms with Gasteiger partial charge < -0.3 is 14.6 Å². The first-order valence-corrected chi connectivity index (χ1v) is 7.10. The maximum Gasteiger partial charge on any atom is 0.410 e. The van der Waals surface area contributed by atoms with Crippen molar-refractivity contribution in [3.63, 3.8) is 0 Å². The molecule has 3 atom stereocenters. The van der Waals surface area contributed by atoms with Crippen LogP contribution in [0.15, 0.2) is 0 Å². The Bertz CT molecular complexity index is 390. The summed E-state index contributed by atoms with van der Waals surface area (Å²) in [6.45, 7) is 6.33. The van der Waals surface area contributed by atoms with Gasteiger partial charge in [-0.1, -0.05) is 0 Å². The third-order valence-electron chi connectivity index (χ3n) is 3.77. The van der Waals surface area contributed by atoms with E-state index in [-0.39, 0.29) is 18.2 Å². The summed E-state index contributed by atoms with van der Waals surface area (Å²) in [4.78, 5) is 25.3. The molecule has 0 spiro atoms. The largest absolute Gasteiger partial charge is 0.481 e. The van der Waals surface area contributed by atoms with E-state index < -0.39 is 17.5 Å². The Morgan fingerprint density at radius 1 is 1.20 bits per heavy atom. The van der Waals surface area contributed by atoms with Crippen LogP contribution in [-0.4, -0.2) is 53.0 Å². The normalized spacial score (nSPS) is 30.6. The van der Waals surface area contributed by atoms with Gasteiger partial charge in [0.25, 0.3) is 0 Å². The summed E-state index contributed by atoms with van der Waals surface area (Å²) in [7, 11) is 0. The molecule has 0 aromatic heterocycles. The topological polar surface area (TPSA) is 76.1 Å². The Balaban J connectivity index is 2.15. The number of aliphatic carboxylic acids is 1. The second kappa shape index (κ2) is 5.60. The first-order valence-electron chi connectivity index (χ1n) is 7.10. The summed E-state index contributed by atoms with van der Waals surface area (Å²) in [5.74, 6) is -1.20. The van der Waals surface area contributed by atoms with E-state index in [9.17, 15) is 14.7 Å². The average Bonchev–Trinajstić information content (AvgIpc) is 2.41. The zero-order valence-corrected chi connectivity index (χ0v) is 12.3. The highest BCUT2D eigenvalue weighted by Crippen LogP contribution is 2.31. The van der Waals surface area contributed by atoms with Crippen molar-refractivity contribution in [1.82, 2.24) is 4.90 Å². The molecule has 0 radical (unpaired) electrons. The van der Waals surface area contributed by atoms with Gasteiger partial charge >= 0.3 is 12.1 Å². The summed E-state index contributed by atoms with van der Waals surface area (Å²) in [5, 5.41) is 9.22. The van der Waals surface area contributed by atoms with Gasteiger partial charge in [-0.05, 0) is 40.0 Å². The van der Waals surface area contributed by atoms with E-state index in [1.54, 1.807) is 4.90 Å². The van der Waals surface area contributed by atoms with Crippen LogP contribution in [0.1, 0.15) is 40.0 Å². The first-order chi connectivity index (χ1) is 9.28. The fourth-order valence-electron chi connectivity index (χ4n) is 2.88. The van der Waals surface area contributed by atoms with E-state index in [1.807, 2.05) is 20.8 Å². The van der Waals surface area contributed by atoms with Gasteiger partial charge in [0.05, 0.1) is 31.2 Å². The smallest absolute Gasteiger partial charge is 0.410 e. The lowest BCUT2D eigenvalue weighted by Crippen LogP contribution is -2.55. The Kier molecular flexibility index (Phi) is 4.22. The molecule has 0 aromatic carbocycles. The Morgan fingerprint density at radius 3 is 2.45 bits per heavy atom. The fourth-order valence-corrected chi connectivity index (χ4v) is 2.88. The Labute approximate surface area is 119 Å². The van der Waals surface area contributed by atoms with Gasteiger partial charge in [-0.15, -0.1) is 0 Å². The lowest BCUT2D eigenvalue weighted by molar-refractivity contribution is -0.142. The van der Waals surface area contributed by atoms with E-state index in [0.29, 0.717) is 32.5 Å². The molecule has 0 saturated carbocycles. The number of ether oxygens (including phenoxy) is 2. The lowest BCUT2D eigenvalue weighted by atomic mass is 9.97. The van der Waals surface area contributed by atoms with E-state index in [1.165, 1.54) is 0 Å². The van der Waals surface area contributed by atoms with Crippen molar-refractivity contribution in [2.24, 2.45) is 5.92 Å². The van der Waals surface area contributed by atoms with Crippen LogP contribution in [-0.2, 0) is 14.3 Å². The summed E-state index contributed by atoms with van der Waals surface area (Å²) in [6, 6.07) is -0.278. The Hall–Kier alpha value is -1.30. The Morgan fingerprint density at radius 2 is 1.85 bits per heavy atom. The van der Waals surface area contributed by atoms with Gasteiger partial charge in [0.2, 0.25) is 0 Å². The zero-order valence-electron chi connectivity index (χ0n) is 12.3. The molecule has 114 valence electrons. The molecule has 2 rings (SSSR count). The maximum absolute atomic E-state index is 12.4. The van der Waals surface area contributed by atoms with Crippen LogP contribution in [0, 0.1) is 5.92 Å². The number of nitrogens with zero attached hydrogens (tertiary/aromatic N) is 1. The molecule has 2 heterocycles. The van der Waals surface area contributed by atoms with Crippen molar-refractivity contribution in [3.8, 4) is 0 Å². The number of carbonyl (C=O) groups excluding carboxylic acids is 1. The molecule has 2 aliphatic heterocycles. The third kappa shape index (κ3) is 3.42. The lowest BCUT2D eigenvalue weighted by Gasteiger charge is -2.40. The predicted octanol–water partition coefficient (Wildman–Crippen LogP) is 1.88. The van der Waals surface area contributed by atoms with Crippen LogP contribution in [0.3, 0.4) is 0 Å². The molecule has 20 heavy (non-hydrogen) atoms. The number of fused-ring (bicyclic) bond motifs is 2. The quantitative estimate of drug-likeness (QED) is 0.796. The van der Waals surface area contributed by atoms with Crippen molar-refractivity contribution in [1.29, 1.82) is 0 Å². The van der Waals surface area contributed by atoms with E-state index in [0.717, 1.165) is 0 Å². The van der Waals surface area contributed by atoms with Gasteiger partial charge in [0.1, 0.15) is 5.60 Å². The number of morpholine rings is 1. The third-order valence-corrected chi connectivity index (χ3v) is 3.77. The van der Waals surface area contributed by atoms with Gasteiger partial charge in [-0.25, -0.2) is 4.79 Å². The number of amides is 1. The first kappa shape index (κ1) is 15.1. The number of hydrogen-bond donors (Lipinski definition) is 1. The van der Waals surface area contributed by atoms with Crippen LogP contribution in [0.4, 0.5) is 4.79 Å². The molecule has 2 saturated heterocycles. The van der Waals surface area contributed by atoms with Crippen LogP contribution in [0.25, 0.3) is 0 Å². The van der Waals surface area contributed by atoms with E-state index >= 15 is 0 Å². The van der Waals surface area contributed by atoms with Crippen molar-refractivity contribution in [2.45, 2.75) is 57.7 Å². The predicted molar refractivity (Wildman–Crippen MR) is 71.4 cm³/mol. The van der Waals surface area contributed by atoms with Crippen molar-refractivity contribution in [2.75, 3.05) is 13.2 Å². The van der Waals surface area contributed by atoms with Crippen molar-refractivity contribution < 1.29 is 24.2 Å². The molecule has 2 bridgehead atoms. The second-order valence-corrected chi connectivity index (χ2v) is 6.58. The maximum atomic E-state index is 12.4. The molecule has 2 aliphatic rings. The van der Waals surface area contributed by atoms with Crippen LogP contribution < -0.4 is 0 Å². The standard InChI is InChI=1S/C14H23NO5/c1-14(2,3)20-13(18)15-10-5-4-9(12(16)17)6-11(15)8-19-7-10/h9-11H,4-8H2,1-3H3,(H,16,17). The number of carboxylic acids is 1. The minimum absolute atomic E-state index is 0.0760. The summed E-state index contributed by atoms with van der Waals surface area (Å²) in [6.07, 6.45) is 1.30. The minimum Gasteiger partial charge on any atom is -0.481 e. The number of carbonyl (C=O) groups is 2. The van der Waals surface area contributed by atoms with Crippen LogP contribution in [0.2, 0.25) is 0 Å². The van der Waals surface area contributed by atoms with Gasteiger partial charge in [-0.2, -0.15) is 0 Å². The van der Waals surface area contributed by atoms with Gasteiger partial charge in [0.15, 0.2) is 0 Å². The molecule has 0 aliphatic carbocycles. The number of hydrogen-bond acceptors (Lipinski definition) is 4. The van der Waals surface area contributed by atoms with Crippen molar-refractivity contribution in [3.05, 3.63) is 0 Å². The monoisotopic (exact) mass is 285 g/mol. The fraction of sp³-hybridized carbons (Fsp3) is 0.857. The summed E-state index contributed by atoms with van der Waals surface area (Å²) in [5.41, 5.74) is -0.551. The number of rotatable bonds is 1.